The van der Waals surface area contributed by atoms with Crippen molar-refractivity contribution in [2.75, 3.05) is 24.5 Å². The van der Waals surface area contributed by atoms with Gasteiger partial charge in [-0.3, -0.25) is 9.78 Å². The van der Waals surface area contributed by atoms with Crippen LogP contribution in [0.25, 0.3) is 0 Å². The number of rotatable bonds is 2. The maximum Gasteiger partial charge on any atom is 0.239 e. The van der Waals surface area contributed by atoms with E-state index in [2.05, 4.69) is 10.3 Å². The number of aromatic nitrogens is 1. The first kappa shape index (κ1) is 9.92. The Labute approximate surface area is 88.3 Å². The van der Waals surface area contributed by atoms with Crippen LogP contribution in [0.1, 0.15) is 5.69 Å². The van der Waals surface area contributed by atoms with Gasteiger partial charge >= 0.3 is 0 Å². The molecule has 0 spiro atoms. The minimum absolute atomic E-state index is 0.0594. The monoisotopic (exact) mass is 206 g/mol. The minimum atomic E-state index is 0.0594. The molecule has 2 heterocycles. The molecule has 0 radical (unpaired) electrons. The molecule has 0 unspecified atom stereocenters. The van der Waals surface area contributed by atoms with Crippen LogP contribution in [-0.2, 0) is 11.3 Å². The first-order valence-electron chi connectivity index (χ1n) is 4.96. The zero-order valence-electron chi connectivity index (χ0n) is 8.44. The average molecular weight is 206 g/mol. The Kier molecular flexibility index (Phi) is 2.82. The van der Waals surface area contributed by atoms with Crippen molar-refractivity contribution in [1.82, 2.24) is 10.3 Å². The average Bonchev–Trinajstić information content (AvgIpc) is 2.29. The summed E-state index contributed by atoms with van der Waals surface area (Å²) in [6.45, 7) is 2.37. The van der Waals surface area contributed by atoms with Gasteiger partial charge in [-0.25, -0.2) is 0 Å². The summed E-state index contributed by atoms with van der Waals surface area (Å²) in [6.07, 6.45) is 1.76. The SMILES string of the molecule is NCc1ccc(N2CCNC(=O)C2)cn1. The van der Waals surface area contributed by atoms with Gasteiger partial charge in [0.1, 0.15) is 0 Å². The maximum absolute atomic E-state index is 11.2. The van der Waals surface area contributed by atoms with E-state index in [-0.39, 0.29) is 5.91 Å². The van der Waals surface area contributed by atoms with Crippen molar-refractivity contribution in [3.63, 3.8) is 0 Å². The van der Waals surface area contributed by atoms with Gasteiger partial charge < -0.3 is 16.0 Å². The van der Waals surface area contributed by atoms with Crippen molar-refractivity contribution in [1.29, 1.82) is 0 Å². The van der Waals surface area contributed by atoms with E-state index in [1.165, 1.54) is 0 Å². The van der Waals surface area contributed by atoms with Crippen molar-refractivity contribution in [3.05, 3.63) is 24.0 Å². The number of carbonyl (C=O) groups excluding carboxylic acids is 1. The van der Waals surface area contributed by atoms with Crippen molar-refractivity contribution in [2.24, 2.45) is 5.73 Å². The summed E-state index contributed by atoms with van der Waals surface area (Å²) in [5.74, 6) is 0.0594. The quantitative estimate of drug-likeness (QED) is 0.683. The lowest BCUT2D eigenvalue weighted by Gasteiger charge is -2.28. The van der Waals surface area contributed by atoms with E-state index in [1.54, 1.807) is 6.20 Å². The van der Waals surface area contributed by atoms with Gasteiger partial charge in [-0.2, -0.15) is 0 Å². The molecule has 1 amide bonds. The molecule has 0 bridgehead atoms. The van der Waals surface area contributed by atoms with E-state index >= 15 is 0 Å². The van der Waals surface area contributed by atoms with Crippen LogP contribution in [0.5, 0.6) is 0 Å². The molecular formula is C10H14N4O. The highest BCUT2D eigenvalue weighted by molar-refractivity contribution is 5.82. The van der Waals surface area contributed by atoms with Crippen LogP contribution in [0, 0.1) is 0 Å². The van der Waals surface area contributed by atoms with E-state index in [0.29, 0.717) is 19.6 Å². The van der Waals surface area contributed by atoms with Gasteiger partial charge in [-0.15, -0.1) is 0 Å². The lowest BCUT2D eigenvalue weighted by atomic mass is 10.2. The number of hydrogen-bond donors (Lipinski definition) is 2. The molecule has 1 aliphatic rings. The summed E-state index contributed by atoms with van der Waals surface area (Å²) in [6, 6.07) is 3.84. The number of amides is 1. The zero-order chi connectivity index (χ0) is 10.7. The fourth-order valence-electron chi connectivity index (χ4n) is 1.58. The summed E-state index contributed by atoms with van der Waals surface area (Å²) in [4.78, 5) is 17.4. The third-order valence-electron chi connectivity index (χ3n) is 2.42. The summed E-state index contributed by atoms with van der Waals surface area (Å²) in [7, 11) is 0. The Bertz CT molecular complexity index is 349. The summed E-state index contributed by atoms with van der Waals surface area (Å²) >= 11 is 0. The maximum atomic E-state index is 11.2. The second-order valence-corrected chi connectivity index (χ2v) is 3.48. The van der Waals surface area contributed by atoms with Gasteiger partial charge in [0.2, 0.25) is 5.91 Å². The van der Waals surface area contributed by atoms with Crippen LogP contribution in [0.2, 0.25) is 0 Å². The first-order chi connectivity index (χ1) is 7.29. The van der Waals surface area contributed by atoms with E-state index in [0.717, 1.165) is 17.9 Å². The Hall–Kier alpha value is -1.62. The third kappa shape index (κ3) is 2.24. The predicted molar refractivity (Wildman–Crippen MR) is 57.4 cm³/mol. The van der Waals surface area contributed by atoms with Crippen molar-refractivity contribution in [3.8, 4) is 0 Å². The van der Waals surface area contributed by atoms with Crippen molar-refractivity contribution in [2.45, 2.75) is 6.54 Å². The number of nitrogens with one attached hydrogen (secondary N) is 1. The minimum Gasteiger partial charge on any atom is -0.359 e. The summed E-state index contributed by atoms with van der Waals surface area (Å²) in [5.41, 5.74) is 7.30. The smallest absolute Gasteiger partial charge is 0.239 e. The largest absolute Gasteiger partial charge is 0.359 e. The standard InChI is InChI=1S/C10H14N4O/c11-5-8-1-2-9(6-13-8)14-4-3-12-10(15)7-14/h1-2,6H,3-5,7,11H2,(H,12,15). The van der Waals surface area contributed by atoms with E-state index in [1.807, 2.05) is 17.0 Å². The van der Waals surface area contributed by atoms with Crippen LogP contribution < -0.4 is 16.0 Å². The topological polar surface area (TPSA) is 71.2 Å². The number of piperazine rings is 1. The normalized spacial score (nSPS) is 16.3. The number of anilines is 1. The summed E-state index contributed by atoms with van der Waals surface area (Å²) in [5, 5.41) is 2.78. The van der Waals surface area contributed by atoms with E-state index in [9.17, 15) is 4.79 Å². The number of nitrogens with two attached hydrogens (primary N) is 1. The summed E-state index contributed by atoms with van der Waals surface area (Å²) < 4.78 is 0. The molecule has 1 aliphatic heterocycles. The molecule has 0 aliphatic carbocycles. The van der Waals surface area contributed by atoms with Crippen molar-refractivity contribution < 1.29 is 4.79 Å². The second-order valence-electron chi connectivity index (χ2n) is 3.48. The molecule has 5 nitrogen and oxygen atoms in total. The first-order valence-corrected chi connectivity index (χ1v) is 4.96. The van der Waals surface area contributed by atoms with Crippen LogP contribution in [-0.4, -0.2) is 30.5 Å². The molecule has 0 aromatic carbocycles. The molecule has 1 aromatic rings. The highest BCUT2D eigenvalue weighted by Gasteiger charge is 2.16. The van der Waals surface area contributed by atoms with Gasteiger partial charge in [-0.05, 0) is 12.1 Å². The molecule has 1 aromatic heterocycles. The molecule has 80 valence electrons. The Morgan fingerprint density at radius 2 is 2.40 bits per heavy atom. The molecule has 0 atom stereocenters. The highest BCUT2D eigenvalue weighted by Crippen LogP contribution is 2.13. The molecular weight excluding hydrogens is 192 g/mol. The molecule has 15 heavy (non-hydrogen) atoms. The fourth-order valence-corrected chi connectivity index (χ4v) is 1.58. The molecule has 5 heteroatoms. The highest BCUT2D eigenvalue weighted by atomic mass is 16.2. The zero-order valence-corrected chi connectivity index (χ0v) is 8.44. The molecule has 1 fully saturated rings. The van der Waals surface area contributed by atoms with Crippen LogP contribution in [0.4, 0.5) is 5.69 Å². The van der Waals surface area contributed by atoms with Gasteiger partial charge in [0.15, 0.2) is 0 Å². The molecule has 2 rings (SSSR count). The lowest BCUT2D eigenvalue weighted by molar-refractivity contribution is -0.120. The van der Waals surface area contributed by atoms with Gasteiger partial charge in [0, 0.05) is 19.6 Å². The van der Waals surface area contributed by atoms with E-state index in [4.69, 9.17) is 5.73 Å². The molecule has 0 saturated carbocycles. The molecule has 1 saturated heterocycles. The predicted octanol–water partition coefficient (Wildman–Crippen LogP) is -0.524. The second kappa shape index (κ2) is 4.27. The van der Waals surface area contributed by atoms with Gasteiger partial charge in [0.25, 0.3) is 0 Å². The van der Waals surface area contributed by atoms with Crippen LogP contribution in [0.15, 0.2) is 18.3 Å². The number of hydrogen-bond acceptors (Lipinski definition) is 4. The number of nitrogens with zero attached hydrogens (tertiary/aromatic N) is 2. The Morgan fingerprint density at radius 3 is 3.00 bits per heavy atom. The van der Waals surface area contributed by atoms with Gasteiger partial charge in [0.05, 0.1) is 24.1 Å². The third-order valence-corrected chi connectivity index (χ3v) is 2.42. The Morgan fingerprint density at radius 1 is 1.53 bits per heavy atom. The van der Waals surface area contributed by atoms with Crippen LogP contribution in [0.3, 0.4) is 0 Å². The molecule has 3 N–H and O–H groups in total. The number of pyridine rings is 1. The van der Waals surface area contributed by atoms with Crippen molar-refractivity contribution >= 4 is 11.6 Å². The number of carbonyl (C=O) groups is 1. The van der Waals surface area contributed by atoms with E-state index < -0.39 is 0 Å². The lowest BCUT2D eigenvalue weighted by Crippen LogP contribution is -2.47. The Balaban J connectivity index is 2.11. The fraction of sp³-hybridized carbons (Fsp3) is 0.400. The van der Waals surface area contributed by atoms with Gasteiger partial charge in [-0.1, -0.05) is 0 Å². The van der Waals surface area contributed by atoms with Crippen LogP contribution >= 0.6 is 0 Å².